The average Bonchev–Trinajstić information content (AvgIpc) is 3.21. The summed E-state index contributed by atoms with van der Waals surface area (Å²) in [5, 5.41) is 0. The maximum atomic E-state index is 12.9. The van der Waals surface area contributed by atoms with Crippen molar-refractivity contribution >= 4 is 12.0 Å². The zero-order valence-corrected chi connectivity index (χ0v) is 27.3. The van der Waals surface area contributed by atoms with Crippen LogP contribution in [0.25, 0.3) is 6.08 Å². The van der Waals surface area contributed by atoms with Crippen molar-refractivity contribution in [3.05, 3.63) is 65.3 Å². The van der Waals surface area contributed by atoms with Gasteiger partial charge in [-0.25, -0.2) is 4.79 Å². The number of rotatable bonds is 7. The Kier molecular flexibility index (Phi) is 8.30. The van der Waals surface area contributed by atoms with Crippen molar-refractivity contribution in [2.24, 2.45) is 45.3 Å². The van der Waals surface area contributed by atoms with Crippen LogP contribution in [0.1, 0.15) is 119 Å². The maximum absolute atomic E-state index is 12.9. The molecule has 2 heteroatoms. The summed E-state index contributed by atoms with van der Waals surface area (Å²) in [5.74, 6) is 2.58. The van der Waals surface area contributed by atoms with Crippen molar-refractivity contribution in [1.29, 1.82) is 0 Å². The molecule has 1 aromatic rings. The first-order chi connectivity index (χ1) is 19.3. The maximum Gasteiger partial charge on any atom is 0.331 e. The van der Waals surface area contributed by atoms with Gasteiger partial charge >= 0.3 is 5.97 Å². The molecule has 0 aromatic heterocycles. The van der Waals surface area contributed by atoms with E-state index in [4.69, 9.17) is 4.74 Å². The highest BCUT2D eigenvalue weighted by molar-refractivity contribution is 5.87. The molecule has 4 aliphatic carbocycles. The lowest BCUT2D eigenvalue weighted by Gasteiger charge is -2.64. The molecule has 0 unspecified atom stereocenters. The highest BCUT2D eigenvalue weighted by atomic mass is 16.5. The van der Waals surface area contributed by atoms with E-state index in [9.17, 15) is 4.79 Å². The first kappa shape index (κ1) is 30.4. The number of carbonyl (C=O) groups is 1. The van der Waals surface area contributed by atoms with E-state index in [0.717, 1.165) is 36.7 Å². The molecule has 0 radical (unpaired) electrons. The summed E-state index contributed by atoms with van der Waals surface area (Å²) in [4.78, 5) is 12.9. The average molecular weight is 557 g/mol. The zero-order valence-electron chi connectivity index (χ0n) is 27.3. The summed E-state index contributed by atoms with van der Waals surface area (Å²) < 4.78 is 6.20. The lowest BCUT2D eigenvalue weighted by molar-refractivity contribution is -0.172. The molecule has 0 heterocycles. The molecular formula is C39H56O2. The summed E-state index contributed by atoms with van der Waals surface area (Å²) >= 11 is 0. The minimum Gasteiger partial charge on any atom is -0.459 e. The van der Waals surface area contributed by atoms with Crippen LogP contribution in [-0.4, -0.2) is 12.1 Å². The SMILES string of the molecule is CC(C)=CCC[C@@H](C)[C@@H]1CC[C@]2(C)C3=CC[C@H]4C(C)(C)[C@@H](OC(=O)C=Cc5ccccc5)CC[C@]4(C)[C@H]3CC[C@@]12C. The van der Waals surface area contributed by atoms with E-state index in [2.05, 4.69) is 67.5 Å². The molecule has 1 aromatic carbocycles. The molecule has 8 atom stereocenters. The predicted molar refractivity (Wildman–Crippen MR) is 172 cm³/mol. The van der Waals surface area contributed by atoms with Gasteiger partial charge in [0, 0.05) is 11.5 Å². The number of hydrogen-bond acceptors (Lipinski definition) is 2. The summed E-state index contributed by atoms with van der Waals surface area (Å²) in [6, 6.07) is 10.0. The van der Waals surface area contributed by atoms with Gasteiger partial charge in [0.2, 0.25) is 0 Å². The summed E-state index contributed by atoms with van der Waals surface area (Å²) in [7, 11) is 0. The van der Waals surface area contributed by atoms with Gasteiger partial charge in [0.25, 0.3) is 0 Å². The topological polar surface area (TPSA) is 26.3 Å². The van der Waals surface area contributed by atoms with Crippen molar-refractivity contribution in [1.82, 2.24) is 0 Å². The van der Waals surface area contributed by atoms with Gasteiger partial charge in [0.1, 0.15) is 6.10 Å². The Morgan fingerprint density at radius 3 is 2.44 bits per heavy atom. The van der Waals surface area contributed by atoms with Crippen LogP contribution in [0.2, 0.25) is 0 Å². The molecule has 5 rings (SSSR count). The second kappa shape index (κ2) is 11.2. The van der Waals surface area contributed by atoms with Crippen LogP contribution in [0.15, 0.2) is 59.7 Å². The minimum atomic E-state index is -0.209. The molecule has 3 fully saturated rings. The Labute approximate surface area is 251 Å². The first-order valence-electron chi connectivity index (χ1n) is 16.6. The van der Waals surface area contributed by atoms with Crippen LogP contribution >= 0.6 is 0 Å². The molecule has 0 N–H and O–H groups in total. The number of fused-ring (bicyclic) bond motifs is 5. The minimum absolute atomic E-state index is 0.0367. The standard InChI is InChI=1S/C39H56O2/c1-27(2)13-12-14-28(3)30-21-25-39(8)32-18-19-33-36(4,5)34(41-35(40)20-17-29-15-10-9-11-16-29)23-24-37(33,6)31(32)22-26-38(30,39)7/h9-11,13,15-18,20,28,30-31,33-34H,12,14,19,21-26H2,1-8H3/t28-,30+,31+,33+,34+,37-,38+,39-/m1/s1. The fourth-order valence-electron chi connectivity index (χ4n) is 10.6. The van der Waals surface area contributed by atoms with Gasteiger partial charge in [0.15, 0.2) is 0 Å². The molecule has 0 saturated heterocycles. The Morgan fingerprint density at radius 1 is 1.00 bits per heavy atom. The van der Waals surface area contributed by atoms with E-state index >= 15 is 0 Å². The quantitative estimate of drug-likeness (QED) is 0.190. The van der Waals surface area contributed by atoms with E-state index < -0.39 is 0 Å². The van der Waals surface area contributed by atoms with E-state index in [1.807, 2.05) is 36.4 Å². The van der Waals surface area contributed by atoms with Crippen LogP contribution in [-0.2, 0) is 9.53 Å². The largest absolute Gasteiger partial charge is 0.459 e. The highest BCUT2D eigenvalue weighted by Gasteiger charge is 2.65. The molecule has 2 nitrogen and oxygen atoms in total. The summed E-state index contributed by atoms with van der Waals surface area (Å²) in [5.41, 5.74) is 5.22. The molecule has 4 aliphatic rings. The van der Waals surface area contributed by atoms with Gasteiger partial charge in [-0.05, 0) is 123 Å². The fourth-order valence-corrected chi connectivity index (χ4v) is 10.6. The third-order valence-corrected chi connectivity index (χ3v) is 13.2. The van der Waals surface area contributed by atoms with Gasteiger partial charge in [0.05, 0.1) is 0 Å². The van der Waals surface area contributed by atoms with Crippen molar-refractivity contribution in [2.45, 2.75) is 119 Å². The molecule has 0 spiro atoms. The van der Waals surface area contributed by atoms with Gasteiger partial charge in [-0.1, -0.05) is 95.2 Å². The molecule has 0 bridgehead atoms. The van der Waals surface area contributed by atoms with Crippen molar-refractivity contribution in [3.8, 4) is 0 Å². The van der Waals surface area contributed by atoms with Gasteiger partial charge in [-0.3, -0.25) is 0 Å². The van der Waals surface area contributed by atoms with Gasteiger partial charge < -0.3 is 4.74 Å². The Bertz CT molecular complexity index is 1200. The second-order valence-corrected chi connectivity index (χ2v) is 15.8. The number of ether oxygens (including phenoxy) is 1. The number of allylic oxidation sites excluding steroid dienone is 4. The normalized spacial score (nSPS) is 38.3. The molecule has 224 valence electrons. The Morgan fingerprint density at radius 2 is 1.73 bits per heavy atom. The van der Waals surface area contributed by atoms with Crippen LogP contribution in [0.4, 0.5) is 0 Å². The van der Waals surface area contributed by atoms with E-state index in [1.54, 1.807) is 11.6 Å². The molecule has 0 aliphatic heterocycles. The van der Waals surface area contributed by atoms with Crippen molar-refractivity contribution in [2.75, 3.05) is 0 Å². The number of esters is 1. The van der Waals surface area contributed by atoms with Crippen LogP contribution in [0.5, 0.6) is 0 Å². The lowest BCUT2D eigenvalue weighted by Crippen LogP contribution is -2.58. The van der Waals surface area contributed by atoms with Gasteiger partial charge in [-0.2, -0.15) is 0 Å². The van der Waals surface area contributed by atoms with E-state index in [1.165, 1.54) is 44.1 Å². The van der Waals surface area contributed by atoms with E-state index in [-0.39, 0.29) is 22.9 Å². The van der Waals surface area contributed by atoms with Gasteiger partial charge in [-0.15, -0.1) is 0 Å². The van der Waals surface area contributed by atoms with Crippen LogP contribution < -0.4 is 0 Å². The second-order valence-electron chi connectivity index (χ2n) is 15.8. The monoisotopic (exact) mass is 556 g/mol. The smallest absolute Gasteiger partial charge is 0.331 e. The first-order valence-corrected chi connectivity index (χ1v) is 16.6. The van der Waals surface area contributed by atoms with E-state index in [0.29, 0.717) is 22.7 Å². The Balaban J connectivity index is 1.33. The predicted octanol–water partition coefficient (Wildman–Crippen LogP) is 10.6. The fraction of sp³-hybridized carbons (Fsp3) is 0.667. The van der Waals surface area contributed by atoms with Crippen molar-refractivity contribution in [3.63, 3.8) is 0 Å². The van der Waals surface area contributed by atoms with Crippen molar-refractivity contribution < 1.29 is 9.53 Å². The molecular weight excluding hydrogens is 500 g/mol. The lowest BCUT2D eigenvalue weighted by atomic mass is 9.41. The molecule has 0 amide bonds. The Hall–Kier alpha value is -2.09. The third kappa shape index (κ3) is 5.21. The highest BCUT2D eigenvalue weighted by Crippen LogP contribution is 2.73. The number of benzene rings is 1. The van der Waals surface area contributed by atoms with Crippen LogP contribution in [0, 0.1) is 45.3 Å². The third-order valence-electron chi connectivity index (χ3n) is 13.2. The summed E-state index contributed by atoms with van der Waals surface area (Å²) in [6.07, 6.45) is 19.8. The summed E-state index contributed by atoms with van der Waals surface area (Å²) in [6.45, 7) is 19.7. The van der Waals surface area contributed by atoms with Crippen LogP contribution in [0.3, 0.4) is 0 Å². The molecule has 41 heavy (non-hydrogen) atoms. The number of carbonyl (C=O) groups excluding carboxylic acids is 1. The number of hydrogen-bond donors (Lipinski definition) is 0. The molecule has 3 saturated carbocycles. The zero-order chi connectivity index (χ0) is 29.6.